The fourth-order valence-corrected chi connectivity index (χ4v) is 3.02. The zero-order chi connectivity index (χ0) is 18.0. The lowest BCUT2D eigenvalue weighted by Crippen LogP contribution is -2.31. The summed E-state index contributed by atoms with van der Waals surface area (Å²) < 4.78 is 18.5. The number of halogens is 1. The molecule has 2 atom stereocenters. The highest BCUT2D eigenvalue weighted by molar-refractivity contribution is 5.75. The number of aryl methyl sites for hydroxylation is 2. The quantitative estimate of drug-likeness (QED) is 0.867. The van der Waals surface area contributed by atoms with Crippen LogP contribution in [-0.4, -0.2) is 28.3 Å². The molecule has 130 valence electrons. The Balaban J connectivity index is 1.96. The molecule has 1 aromatic carbocycles. The van der Waals surface area contributed by atoms with Crippen molar-refractivity contribution in [1.82, 2.24) is 4.98 Å². The Bertz CT molecular complexity index is 814. The third kappa shape index (κ3) is 4.12. The van der Waals surface area contributed by atoms with E-state index in [-0.39, 0.29) is 12.2 Å². The van der Waals surface area contributed by atoms with Crippen LogP contribution in [0.15, 0.2) is 36.4 Å². The first-order chi connectivity index (χ1) is 11.9. The second-order valence-corrected chi connectivity index (χ2v) is 6.33. The van der Waals surface area contributed by atoms with Crippen LogP contribution in [0.4, 0.5) is 4.39 Å². The molecule has 4 nitrogen and oxygen atoms in total. The van der Waals surface area contributed by atoms with Crippen molar-refractivity contribution >= 4 is 12.0 Å². The first kappa shape index (κ1) is 17.3. The van der Waals surface area contributed by atoms with Gasteiger partial charge in [-0.15, -0.1) is 0 Å². The van der Waals surface area contributed by atoms with Crippen LogP contribution in [0, 0.1) is 19.7 Å². The molecule has 1 aliphatic heterocycles. The van der Waals surface area contributed by atoms with E-state index in [1.807, 2.05) is 26.0 Å². The number of hydrogen-bond acceptors (Lipinski definition) is 4. The van der Waals surface area contributed by atoms with Crippen molar-refractivity contribution in [3.8, 4) is 11.3 Å². The number of hydrogen-bond donors (Lipinski definition) is 1. The number of carbonyl (C=O) groups is 1. The Kier molecular flexibility index (Phi) is 4.95. The Labute approximate surface area is 146 Å². The number of carbonyl (C=O) groups excluding carboxylic acids is 1. The summed E-state index contributed by atoms with van der Waals surface area (Å²) in [6.07, 6.45) is 2.91. The SMILES string of the molecule is Cc1cc(C)c(C=C[C@H]2C[C@H](O)CC(=O)O2)c(-c2ccc(F)cc2)n1. The van der Waals surface area contributed by atoms with Crippen molar-refractivity contribution in [3.05, 3.63) is 59.0 Å². The van der Waals surface area contributed by atoms with Crippen LogP contribution >= 0.6 is 0 Å². The molecule has 0 unspecified atom stereocenters. The molecule has 1 saturated heterocycles. The van der Waals surface area contributed by atoms with E-state index in [1.54, 1.807) is 18.2 Å². The minimum atomic E-state index is -0.676. The lowest BCUT2D eigenvalue weighted by Gasteiger charge is -2.23. The number of aromatic nitrogens is 1. The van der Waals surface area contributed by atoms with E-state index in [2.05, 4.69) is 4.98 Å². The van der Waals surface area contributed by atoms with Gasteiger partial charge in [0.15, 0.2) is 0 Å². The maximum Gasteiger partial charge on any atom is 0.309 e. The van der Waals surface area contributed by atoms with Crippen molar-refractivity contribution < 1.29 is 19.0 Å². The summed E-state index contributed by atoms with van der Waals surface area (Å²) >= 11 is 0. The van der Waals surface area contributed by atoms with Gasteiger partial charge in [-0.1, -0.05) is 6.08 Å². The third-order valence-corrected chi connectivity index (χ3v) is 4.18. The van der Waals surface area contributed by atoms with E-state index in [0.717, 1.165) is 28.1 Å². The van der Waals surface area contributed by atoms with Gasteiger partial charge in [-0.3, -0.25) is 9.78 Å². The third-order valence-electron chi connectivity index (χ3n) is 4.18. The van der Waals surface area contributed by atoms with Gasteiger partial charge in [0.05, 0.1) is 18.2 Å². The fourth-order valence-electron chi connectivity index (χ4n) is 3.02. The number of rotatable bonds is 3. The zero-order valence-corrected chi connectivity index (χ0v) is 14.2. The molecular formula is C20H20FNO3. The molecule has 1 fully saturated rings. The number of benzene rings is 1. The number of nitrogens with zero attached hydrogens (tertiary/aromatic N) is 1. The summed E-state index contributed by atoms with van der Waals surface area (Å²) in [6.45, 7) is 3.88. The van der Waals surface area contributed by atoms with Gasteiger partial charge in [-0.25, -0.2) is 4.39 Å². The van der Waals surface area contributed by atoms with E-state index >= 15 is 0 Å². The smallest absolute Gasteiger partial charge is 0.309 e. The summed E-state index contributed by atoms with van der Waals surface area (Å²) in [7, 11) is 0. The topological polar surface area (TPSA) is 59.4 Å². The van der Waals surface area contributed by atoms with Gasteiger partial charge in [0.1, 0.15) is 11.9 Å². The minimum Gasteiger partial charge on any atom is -0.458 e. The lowest BCUT2D eigenvalue weighted by molar-refractivity contribution is -0.156. The van der Waals surface area contributed by atoms with Crippen LogP contribution in [-0.2, 0) is 9.53 Å². The van der Waals surface area contributed by atoms with Gasteiger partial charge in [-0.05, 0) is 55.8 Å². The molecule has 1 aliphatic rings. The molecule has 0 bridgehead atoms. The number of aliphatic hydroxyl groups is 1. The monoisotopic (exact) mass is 341 g/mol. The van der Waals surface area contributed by atoms with Gasteiger partial charge < -0.3 is 9.84 Å². The lowest BCUT2D eigenvalue weighted by atomic mass is 9.98. The van der Waals surface area contributed by atoms with Crippen LogP contribution in [0.3, 0.4) is 0 Å². The van der Waals surface area contributed by atoms with E-state index in [9.17, 15) is 14.3 Å². The Morgan fingerprint density at radius 2 is 2.00 bits per heavy atom. The molecule has 2 heterocycles. The Morgan fingerprint density at radius 3 is 2.68 bits per heavy atom. The summed E-state index contributed by atoms with van der Waals surface area (Å²) in [5.41, 5.74) is 4.33. The second-order valence-electron chi connectivity index (χ2n) is 6.33. The predicted molar refractivity (Wildman–Crippen MR) is 93.3 cm³/mol. The van der Waals surface area contributed by atoms with Crippen LogP contribution in [0.2, 0.25) is 0 Å². The largest absolute Gasteiger partial charge is 0.458 e. The maximum absolute atomic E-state index is 13.2. The van der Waals surface area contributed by atoms with Gasteiger partial charge in [0.25, 0.3) is 0 Å². The summed E-state index contributed by atoms with van der Waals surface area (Å²) in [5, 5.41) is 9.71. The van der Waals surface area contributed by atoms with Gasteiger partial charge in [-0.2, -0.15) is 0 Å². The minimum absolute atomic E-state index is 0.0380. The van der Waals surface area contributed by atoms with Crippen LogP contribution in [0.25, 0.3) is 17.3 Å². The first-order valence-electron chi connectivity index (χ1n) is 8.22. The molecule has 1 aromatic heterocycles. The van der Waals surface area contributed by atoms with E-state index in [1.165, 1.54) is 12.1 Å². The normalized spacial score (nSPS) is 20.7. The highest BCUT2D eigenvalue weighted by atomic mass is 19.1. The second kappa shape index (κ2) is 7.15. The van der Waals surface area contributed by atoms with Gasteiger partial charge in [0.2, 0.25) is 0 Å². The molecule has 5 heteroatoms. The Morgan fingerprint density at radius 1 is 1.28 bits per heavy atom. The van der Waals surface area contributed by atoms with Gasteiger partial charge >= 0.3 is 5.97 Å². The molecule has 0 amide bonds. The number of esters is 1. The average Bonchev–Trinajstić information content (AvgIpc) is 2.53. The summed E-state index contributed by atoms with van der Waals surface area (Å²) in [5.74, 6) is -0.695. The van der Waals surface area contributed by atoms with Crippen molar-refractivity contribution in [3.63, 3.8) is 0 Å². The molecule has 2 aromatic rings. The fraction of sp³-hybridized carbons (Fsp3) is 0.300. The van der Waals surface area contributed by atoms with Crippen LogP contribution < -0.4 is 0 Å². The number of pyridine rings is 1. The number of ether oxygens (including phenoxy) is 1. The summed E-state index contributed by atoms with van der Waals surface area (Å²) in [6, 6.07) is 8.16. The maximum atomic E-state index is 13.2. The van der Waals surface area contributed by atoms with Crippen LogP contribution in [0.5, 0.6) is 0 Å². The standard InChI is InChI=1S/C20H20FNO3/c1-12-9-13(2)22-20(14-3-5-15(21)6-4-14)18(12)8-7-17-10-16(23)11-19(24)25-17/h3-9,16-17,23H,10-11H2,1-2H3/t16-,17-/m0/s1. The van der Waals surface area contributed by atoms with Crippen molar-refractivity contribution in [2.75, 3.05) is 0 Å². The molecule has 1 N–H and O–H groups in total. The number of cyclic esters (lactones) is 1. The average molecular weight is 341 g/mol. The van der Waals surface area contributed by atoms with Gasteiger partial charge in [0, 0.05) is 23.2 Å². The zero-order valence-electron chi connectivity index (χ0n) is 14.2. The number of aliphatic hydroxyl groups excluding tert-OH is 1. The molecule has 0 aliphatic carbocycles. The van der Waals surface area contributed by atoms with Crippen molar-refractivity contribution in [1.29, 1.82) is 0 Å². The summed E-state index contributed by atoms with van der Waals surface area (Å²) in [4.78, 5) is 16.1. The van der Waals surface area contributed by atoms with E-state index in [0.29, 0.717) is 6.42 Å². The molecular weight excluding hydrogens is 321 g/mol. The first-order valence-corrected chi connectivity index (χ1v) is 8.22. The molecule has 0 radical (unpaired) electrons. The highest BCUT2D eigenvalue weighted by Crippen LogP contribution is 2.27. The molecule has 0 saturated carbocycles. The van der Waals surface area contributed by atoms with E-state index in [4.69, 9.17) is 4.74 Å². The molecule has 0 spiro atoms. The Hall–Kier alpha value is -2.53. The van der Waals surface area contributed by atoms with Crippen molar-refractivity contribution in [2.45, 2.75) is 38.9 Å². The molecule has 3 rings (SSSR count). The van der Waals surface area contributed by atoms with E-state index < -0.39 is 18.2 Å². The highest BCUT2D eigenvalue weighted by Gasteiger charge is 2.25. The van der Waals surface area contributed by atoms with Crippen molar-refractivity contribution in [2.24, 2.45) is 0 Å². The van der Waals surface area contributed by atoms with Crippen LogP contribution in [0.1, 0.15) is 29.7 Å². The molecule has 25 heavy (non-hydrogen) atoms. The predicted octanol–water partition coefficient (Wildman–Crippen LogP) is 3.58.